The van der Waals surface area contributed by atoms with E-state index >= 15 is 0 Å². The highest BCUT2D eigenvalue weighted by Crippen LogP contribution is 2.31. The van der Waals surface area contributed by atoms with Crippen molar-refractivity contribution in [1.82, 2.24) is 4.98 Å². The van der Waals surface area contributed by atoms with Crippen LogP contribution in [0.25, 0.3) is 0 Å². The smallest absolute Gasteiger partial charge is 0.123 e. The van der Waals surface area contributed by atoms with Crippen LogP contribution in [0.3, 0.4) is 0 Å². The Bertz CT molecular complexity index is 472. The van der Waals surface area contributed by atoms with Crippen LogP contribution in [0.4, 0.5) is 0 Å². The molecule has 1 aromatic carbocycles. The first-order valence-electron chi connectivity index (χ1n) is 4.21. The Balaban J connectivity index is 2.36. The van der Waals surface area contributed by atoms with Gasteiger partial charge in [-0.15, -0.1) is 11.3 Å². The Morgan fingerprint density at radius 2 is 2.13 bits per heavy atom. The molecular weight excluding hydrogens is 342 g/mol. The summed E-state index contributed by atoms with van der Waals surface area (Å²) in [7, 11) is 0. The van der Waals surface area contributed by atoms with E-state index in [1.807, 2.05) is 24.3 Å². The SMILES string of the molecule is OC(c1cccc(Br)c1)c1scnc1Br. The molecule has 0 saturated heterocycles. The molecule has 5 heteroatoms. The average molecular weight is 349 g/mol. The van der Waals surface area contributed by atoms with Crippen LogP contribution in [0.5, 0.6) is 0 Å². The molecule has 1 heterocycles. The number of aliphatic hydroxyl groups is 1. The minimum absolute atomic E-state index is 0.621. The summed E-state index contributed by atoms with van der Waals surface area (Å²) in [4.78, 5) is 4.88. The third-order valence-corrected chi connectivity index (χ3v) is 4.23. The highest BCUT2D eigenvalue weighted by Gasteiger charge is 2.15. The third-order valence-electron chi connectivity index (χ3n) is 1.96. The van der Waals surface area contributed by atoms with Crippen molar-refractivity contribution in [3.8, 4) is 0 Å². The van der Waals surface area contributed by atoms with Gasteiger partial charge in [0.25, 0.3) is 0 Å². The van der Waals surface area contributed by atoms with Crippen molar-refractivity contribution in [3.63, 3.8) is 0 Å². The molecule has 1 aromatic heterocycles. The van der Waals surface area contributed by atoms with E-state index in [-0.39, 0.29) is 0 Å². The second-order valence-electron chi connectivity index (χ2n) is 2.96. The molecule has 1 unspecified atom stereocenters. The molecule has 0 fully saturated rings. The van der Waals surface area contributed by atoms with Crippen LogP contribution in [0, 0.1) is 0 Å². The summed E-state index contributed by atoms with van der Waals surface area (Å²) in [6.45, 7) is 0. The molecule has 78 valence electrons. The minimum atomic E-state index is -0.621. The average Bonchev–Trinajstić information content (AvgIpc) is 2.63. The molecular formula is C10H7Br2NOS. The summed E-state index contributed by atoms with van der Waals surface area (Å²) in [5, 5.41) is 10.1. The van der Waals surface area contributed by atoms with Gasteiger partial charge in [0.05, 0.1) is 10.4 Å². The van der Waals surface area contributed by atoms with E-state index in [9.17, 15) is 5.11 Å². The standard InChI is InChI=1S/C10H7Br2NOS/c11-7-3-1-2-6(4-7)8(14)9-10(12)13-5-15-9/h1-5,8,14H. The van der Waals surface area contributed by atoms with Crippen molar-refractivity contribution in [2.75, 3.05) is 0 Å². The molecule has 0 aliphatic heterocycles. The maximum absolute atomic E-state index is 10.1. The first kappa shape index (κ1) is 11.3. The van der Waals surface area contributed by atoms with Gasteiger partial charge in [-0.2, -0.15) is 0 Å². The summed E-state index contributed by atoms with van der Waals surface area (Å²) in [5.74, 6) is 0. The van der Waals surface area contributed by atoms with E-state index in [4.69, 9.17) is 0 Å². The fourth-order valence-electron chi connectivity index (χ4n) is 1.25. The van der Waals surface area contributed by atoms with Crippen molar-refractivity contribution >= 4 is 43.2 Å². The second kappa shape index (κ2) is 4.74. The zero-order valence-corrected chi connectivity index (χ0v) is 11.5. The van der Waals surface area contributed by atoms with Gasteiger partial charge in [0.1, 0.15) is 10.7 Å². The molecule has 1 N–H and O–H groups in total. The van der Waals surface area contributed by atoms with E-state index < -0.39 is 6.10 Å². The Hall–Kier alpha value is -0.230. The van der Waals surface area contributed by atoms with Crippen molar-refractivity contribution in [1.29, 1.82) is 0 Å². The van der Waals surface area contributed by atoms with Gasteiger partial charge < -0.3 is 5.11 Å². The number of nitrogens with zero attached hydrogens (tertiary/aromatic N) is 1. The fourth-order valence-corrected chi connectivity index (χ4v) is 3.09. The number of hydrogen-bond donors (Lipinski definition) is 1. The van der Waals surface area contributed by atoms with Gasteiger partial charge in [-0.1, -0.05) is 28.1 Å². The molecule has 2 aromatic rings. The van der Waals surface area contributed by atoms with Crippen molar-refractivity contribution < 1.29 is 5.11 Å². The van der Waals surface area contributed by atoms with Crippen LogP contribution < -0.4 is 0 Å². The maximum Gasteiger partial charge on any atom is 0.123 e. The van der Waals surface area contributed by atoms with Crippen LogP contribution in [0.15, 0.2) is 38.9 Å². The summed E-state index contributed by atoms with van der Waals surface area (Å²) >= 11 is 8.12. The van der Waals surface area contributed by atoms with Crippen LogP contribution in [0.1, 0.15) is 16.5 Å². The number of benzene rings is 1. The molecule has 0 amide bonds. The lowest BCUT2D eigenvalue weighted by Crippen LogP contribution is -1.97. The van der Waals surface area contributed by atoms with Crippen LogP contribution in [-0.2, 0) is 0 Å². The molecule has 0 saturated carbocycles. The van der Waals surface area contributed by atoms with Gasteiger partial charge in [0, 0.05) is 4.47 Å². The van der Waals surface area contributed by atoms with Crippen LogP contribution in [0.2, 0.25) is 0 Å². The predicted molar refractivity (Wildman–Crippen MR) is 68.0 cm³/mol. The molecule has 0 bridgehead atoms. The van der Waals surface area contributed by atoms with Gasteiger partial charge in [0.2, 0.25) is 0 Å². The Morgan fingerprint density at radius 1 is 1.33 bits per heavy atom. The third kappa shape index (κ3) is 2.47. The first-order valence-corrected chi connectivity index (χ1v) is 6.67. The van der Waals surface area contributed by atoms with Gasteiger partial charge >= 0.3 is 0 Å². The van der Waals surface area contributed by atoms with E-state index in [0.717, 1.165) is 14.9 Å². The predicted octanol–water partition coefficient (Wildman–Crippen LogP) is 3.75. The second-order valence-corrected chi connectivity index (χ2v) is 5.52. The number of hydrogen-bond acceptors (Lipinski definition) is 3. The van der Waals surface area contributed by atoms with Gasteiger partial charge in [-0.25, -0.2) is 4.98 Å². The van der Waals surface area contributed by atoms with Gasteiger partial charge in [-0.3, -0.25) is 0 Å². The first-order chi connectivity index (χ1) is 7.18. The summed E-state index contributed by atoms with van der Waals surface area (Å²) < 4.78 is 1.67. The topological polar surface area (TPSA) is 33.1 Å². The number of halogens is 2. The van der Waals surface area contributed by atoms with Crippen molar-refractivity contribution in [2.45, 2.75) is 6.10 Å². The molecule has 0 aliphatic carbocycles. The molecule has 2 nitrogen and oxygen atoms in total. The van der Waals surface area contributed by atoms with E-state index in [0.29, 0.717) is 4.60 Å². The monoisotopic (exact) mass is 347 g/mol. The Kier molecular flexibility index (Phi) is 3.56. The lowest BCUT2D eigenvalue weighted by atomic mass is 10.1. The lowest BCUT2D eigenvalue weighted by molar-refractivity contribution is 0.223. The fraction of sp³-hybridized carbons (Fsp3) is 0.100. The van der Waals surface area contributed by atoms with Crippen LogP contribution >= 0.6 is 43.2 Å². The molecule has 2 rings (SSSR count). The van der Waals surface area contributed by atoms with E-state index in [2.05, 4.69) is 36.8 Å². The molecule has 0 spiro atoms. The summed E-state index contributed by atoms with van der Waals surface area (Å²) in [5.41, 5.74) is 2.56. The quantitative estimate of drug-likeness (QED) is 0.896. The zero-order valence-electron chi connectivity index (χ0n) is 7.52. The highest BCUT2D eigenvalue weighted by molar-refractivity contribution is 9.10. The van der Waals surface area contributed by atoms with E-state index in [1.54, 1.807) is 5.51 Å². The number of rotatable bonds is 2. The Labute approximate surface area is 108 Å². The van der Waals surface area contributed by atoms with Gasteiger partial charge in [0.15, 0.2) is 0 Å². The van der Waals surface area contributed by atoms with E-state index in [1.165, 1.54) is 11.3 Å². The van der Waals surface area contributed by atoms with Crippen molar-refractivity contribution in [2.24, 2.45) is 0 Å². The highest BCUT2D eigenvalue weighted by atomic mass is 79.9. The number of aliphatic hydroxyl groups excluding tert-OH is 1. The number of thiazole rings is 1. The summed E-state index contributed by atoms with van der Waals surface area (Å²) in [6, 6.07) is 7.62. The normalized spacial score (nSPS) is 12.7. The van der Waals surface area contributed by atoms with Gasteiger partial charge in [-0.05, 0) is 33.6 Å². The minimum Gasteiger partial charge on any atom is -0.383 e. The lowest BCUT2D eigenvalue weighted by Gasteiger charge is -2.09. The maximum atomic E-state index is 10.1. The van der Waals surface area contributed by atoms with Crippen molar-refractivity contribution in [3.05, 3.63) is 49.3 Å². The molecule has 1 atom stereocenters. The summed E-state index contributed by atoms with van der Waals surface area (Å²) in [6.07, 6.45) is -0.621. The largest absolute Gasteiger partial charge is 0.383 e. The number of aromatic nitrogens is 1. The Morgan fingerprint density at radius 3 is 2.73 bits per heavy atom. The zero-order chi connectivity index (χ0) is 10.8. The molecule has 0 radical (unpaired) electrons. The molecule has 0 aliphatic rings. The molecule has 15 heavy (non-hydrogen) atoms. The van der Waals surface area contributed by atoms with Crippen LogP contribution in [-0.4, -0.2) is 10.1 Å².